The van der Waals surface area contributed by atoms with Gasteiger partial charge in [0.05, 0.1) is 13.2 Å². The molecule has 0 saturated heterocycles. The molecule has 1 unspecified atom stereocenters. The quantitative estimate of drug-likeness (QED) is 0.841. The van der Waals surface area contributed by atoms with Gasteiger partial charge in [-0.2, -0.15) is 0 Å². The largest absolute Gasteiger partial charge is 0.497 e. The molecule has 5 heteroatoms. The smallest absolute Gasteiger partial charge is 0.321 e. The number of benzene rings is 1. The number of hydrogen-bond acceptors (Lipinski definition) is 3. The fourth-order valence-corrected chi connectivity index (χ4v) is 1.40. The van der Waals surface area contributed by atoms with Crippen molar-refractivity contribution in [3.8, 4) is 5.75 Å². The first-order chi connectivity index (χ1) is 8.52. The minimum Gasteiger partial charge on any atom is -0.497 e. The van der Waals surface area contributed by atoms with Gasteiger partial charge in [-0.25, -0.2) is 4.79 Å². The Morgan fingerprint density at radius 3 is 2.89 bits per heavy atom. The van der Waals surface area contributed by atoms with E-state index < -0.39 is 6.10 Å². The maximum Gasteiger partial charge on any atom is 0.321 e. The van der Waals surface area contributed by atoms with Crippen molar-refractivity contribution < 1.29 is 14.6 Å². The molecule has 1 aromatic rings. The molecule has 1 atom stereocenters. The number of aliphatic hydroxyl groups excluding tert-OH is 1. The van der Waals surface area contributed by atoms with Crippen LogP contribution in [0, 0.1) is 0 Å². The van der Waals surface area contributed by atoms with Gasteiger partial charge in [0.1, 0.15) is 5.75 Å². The predicted molar refractivity (Wildman–Crippen MR) is 70.9 cm³/mol. The fraction of sp³-hybridized carbons (Fsp3) is 0.462. The maximum absolute atomic E-state index is 11.8. The van der Waals surface area contributed by atoms with Crippen molar-refractivity contribution in [2.75, 3.05) is 26.0 Å². The minimum absolute atomic E-state index is 0.205. The Labute approximate surface area is 107 Å². The number of aliphatic hydroxyl groups is 1. The summed E-state index contributed by atoms with van der Waals surface area (Å²) in [4.78, 5) is 13.4. The van der Waals surface area contributed by atoms with E-state index >= 15 is 0 Å². The number of rotatable bonds is 5. The second-order valence-corrected chi connectivity index (χ2v) is 4.22. The van der Waals surface area contributed by atoms with Crippen LogP contribution in [-0.2, 0) is 0 Å². The summed E-state index contributed by atoms with van der Waals surface area (Å²) in [5.41, 5.74) is 0.684. The highest BCUT2D eigenvalue weighted by Crippen LogP contribution is 2.16. The zero-order chi connectivity index (χ0) is 13.5. The van der Waals surface area contributed by atoms with Crippen LogP contribution >= 0.6 is 0 Å². The van der Waals surface area contributed by atoms with Crippen molar-refractivity contribution in [2.45, 2.75) is 19.4 Å². The number of ether oxygens (including phenoxy) is 1. The molecule has 100 valence electrons. The lowest BCUT2D eigenvalue weighted by molar-refractivity contribution is 0.167. The molecule has 2 N–H and O–H groups in total. The van der Waals surface area contributed by atoms with Gasteiger partial charge in [-0.1, -0.05) is 6.07 Å². The van der Waals surface area contributed by atoms with Gasteiger partial charge < -0.3 is 20.1 Å². The van der Waals surface area contributed by atoms with E-state index in [2.05, 4.69) is 5.32 Å². The summed E-state index contributed by atoms with van der Waals surface area (Å²) in [6.07, 6.45) is 0.152. The molecule has 0 radical (unpaired) electrons. The molecule has 18 heavy (non-hydrogen) atoms. The molecule has 5 nitrogen and oxygen atoms in total. The van der Waals surface area contributed by atoms with Gasteiger partial charge in [-0.3, -0.25) is 0 Å². The number of carbonyl (C=O) groups is 1. The summed E-state index contributed by atoms with van der Waals surface area (Å²) in [5.74, 6) is 0.694. The van der Waals surface area contributed by atoms with Crippen LogP contribution in [-0.4, -0.2) is 42.8 Å². The van der Waals surface area contributed by atoms with Crippen LogP contribution in [0.4, 0.5) is 10.5 Å². The summed E-state index contributed by atoms with van der Waals surface area (Å²) in [5, 5.41) is 11.9. The van der Waals surface area contributed by atoms with E-state index in [1.54, 1.807) is 33.2 Å². The van der Waals surface area contributed by atoms with Crippen LogP contribution in [0.1, 0.15) is 13.3 Å². The van der Waals surface area contributed by atoms with Gasteiger partial charge in [-0.15, -0.1) is 0 Å². The Hall–Kier alpha value is -1.75. The Kier molecular flexibility index (Phi) is 5.45. The number of nitrogens with zero attached hydrogens (tertiary/aromatic N) is 1. The Morgan fingerprint density at radius 2 is 2.28 bits per heavy atom. The van der Waals surface area contributed by atoms with Crippen LogP contribution in [0.5, 0.6) is 5.75 Å². The molecule has 0 aliphatic carbocycles. The molecule has 1 rings (SSSR count). The lowest BCUT2D eigenvalue weighted by Gasteiger charge is -2.18. The third-order valence-corrected chi connectivity index (χ3v) is 2.55. The molecule has 2 amide bonds. The standard InChI is InChI=1S/C13H20N2O3/c1-10(16)7-8-15(2)13(17)14-11-5-4-6-12(9-11)18-3/h4-6,9-10,16H,7-8H2,1-3H3,(H,14,17). The summed E-state index contributed by atoms with van der Waals surface area (Å²) in [7, 11) is 3.27. The number of amides is 2. The van der Waals surface area contributed by atoms with E-state index in [9.17, 15) is 4.79 Å². The summed E-state index contributed by atoms with van der Waals surface area (Å²) in [6, 6.07) is 6.96. The average Bonchev–Trinajstić information content (AvgIpc) is 2.36. The molecule has 0 aliphatic heterocycles. The van der Waals surface area contributed by atoms with Gasteiger partial charge in [-0.05, 0) is 25.5 Å². The normalized spacial score (nSPS) is 11.8. The fourth-order valence-electron chi connectivity index (χ4n) is 1.40. The molecule has 0 spiro atoms. The second-order valence-electron chi connectivity index (χ2n) is 4.22. The average molecular weight is 252 g/mol. The zero-order valence-electron chi connectivity index (χ0n) is 11.0. The molecular weight excluding hydrogens is 232 g/mol. The summed E-state index contributed by atoms with van der Waals surface area (Å²) < 4.78 is 5.08. The van der Waals surface area contributed by atoms with Gasteiger partial charge in [0.25, 0.3) is 0 Å². The van der Waals surface area contributed by atoms with Crippen LogP contribution in [0.15, 0.2) is 24.3 Å². The van der Waals surface area contributed by atoms with E-state index in [1.807, 2.05) is 12.1 Å². The molecular formula is C13H20N2O3. The first kappa shape index (κ1) is 14.3. The van der Waals surface area contributed by atoms with Crippen molar-refractivity contribution in [2.24, 2.45) is 0 Å². The highest BCUT2D eigenvalue weighted by atomic mass is 16.5. The molecule has 0 saturated carbocycles. The zero-order valence-corrected chi connectivity index (χ0v) is 11.0. The van der Waals surface area contributed by atoms with Gasteiger partial charge in [0.2, 0.25) is 0 Å². The first-order valence-corrected chi connectivity index (χ1v) is 5.87. The molecule has 0 aromatic heterocycles. The van der Waals surface area contributed by atoms with E-state index in [1.165, 1.54) is 4.90 Å². The topological polar surface area (TPSA) is 61.8 Å². The van der Waals surface area contributed by atoms with Crippen molar-refractivity contribution in [3.63, 3.8) is 0 Å². The number of nitrogens with one attached hydrogen (secondary N) is 1. The monoisotopic (exact) mass is 252 g/mol. The highest BCUT2D eigenvalue weighted by Gasteiger charge is 2.09. The maximum atomic E-state index is 11.8. The van der Waals surface area contributed by atoms with E-state index in [0.717, 1.165) is 0 Å². The lowest BCUT2D eigenvalue weighted by Crippen LogP contribution is -2.33. The lowest BCUT2D eigenvalue weighted by atomic mass is 10.3. The third-order valence-electron chi connectivity index (χ3n) is 2.55. The van der Waals surface area contributed by atoms with Gasteiger partial charge in [0, 0.05) is 25.3 Å². The molecule has 0 heterocycles. The number of urea groups is 1. The van der Waals surface area contributed by atoms with Crippen LogP contribution in [0.25, 0.3) is 0 Å². The molecule has 0 aliphatic rings. The Morgan fingerprint density at radius 1 is 1.56 bits per heavy atom. The number of anilines is 1. The van der Waals surface area contributed by atoms with E-state index in [4.69, 9.17) is 9.84 Å². The minimum atomic E-state index is -0.405. The third kappa shape index (κ3) is 4.63. The summed E-state index contributed by atoms with van der Waals surface area (Å²) >= 11 is 0. The van der Waals surface area contributed by atoms with E-state index in [-0.39, 0.29) is 6.03 Å². The predicted octanol–water partition coefficient (Wildman–Crippen LogP) is 1.93. The summed E-state index contributed by atoms with van der Waals surface area (Å²) in [6.45, 7) is 2.21. The van der Waals surface area contributed by atoms with Crippen molar-refractivity contribution in [1.29, 1.82) is 0 Å². The first-order valence-electron chi connectivity index (χ1n) is 5.87. The van der Waals surface area contributed by atoms with Gasteiger partial charge in [0.15, 0.2) is 0 Å². The van der Waals surface area contributed by atoms with Crippen LogP contribution in [0.2, 0.25) is 0 Å². The molecule has 0 fully saturated rings. The van der Waals surface area contributed by atoms with E-state index in [0.29, 0.717) is 24.4 Å². The number of methoxy groups -OCH3 is 1. The van der Waals surface area contributed by atoms with Crippen molar-refractivity contribution >= 4 is 11.7 Å². The van der Waals surface area contributed by atoms with Crippen molar-refractivity contribution in [3.05, 3.63) is 24.3 Å². The Bertz CT molecular complexity index is 394. The SMILES string of the molecule is COc1cccc(NC(=O)N(C)CCC(C)O)c1. The molecule has 1 aromatic carbocycles. The van der Waals surface area contributed by atoms with Gasteiger partial charge >= 0.3 is 6.03 Å². The second kappa shape index (κ2) is 6.86. The molecule has 0 bridgehead atoms. The van der Waals surface area contributed by atoms with Crippen LogP contribution < -0.4 is 10.1 Å². The number of carbonyl (C=O) groups excluding carboxylic acids is 1. The van der Waals surface area contributed by atoms with Crippen LogP contribution in [0.3, 0.4) is 0 Å². The highest BCUT2D eigenvalue weighted by molar-refractivity contribution is 5.89. The number of hydrogen-bond donors (Lipinski definition) is 2. The van der Waals surface area contributed by atoms with Crippen molar-refractivity contribution in [1.82, 2.24) is 4.90 Å². The Balaban J connectivity index is 2.52.